The minimum atomic E-state index is -3.89. The first kappa shape index (κ1) is 21.0. The predicted octanol–water partition coefficient (Wildman–Crippen LogP) is 1.96. The van der Waals surface area contributed by atoms with Gasteiger partial charge in [0.25, 0.3) is 15.9 Å². The molecule has 0 aliphatic heterocycles. The Morgan fingerprint density at radius 3 is 2.63 bits per heavy atom. The summed E-state index contributed by atoms with van der Waals surface area (Å²) < 4.78 is 30.1. The van der Waals surface area contributed by atoms with Crippen LogP contribution in [-0.2, 0) is 24.4 Å². The van der Waals surface area contributed by atoms with Crippen LogP contribution < -0.4 is 5.32 Å². The Morgan fingerprint density at radius 2 is 2.00 bits per heavy atom. The van der Waals surface area contributed by atoms with Crippen LogP contribution in [0.1, 0.15) is 28.2 Å². The van der Waals surface area contributed by atoms with Crippen LogP contribution in [0.2, 0.25) is 0 Å². The van der Waals surface area contributed by atoms with E-state index in [0.717, 1.165) is 4.88 Å². The number of hydroxylamine groups is 1. The lowest BCUT2D eigenvalue weighted by Crippen LogP contribution is -2.30. The summed E-state index contributed by atoms with van der Waals surface area (Å²) in [6, 6.07) is 8.88. The molecule has 0 bridgehead atoms. The Balaban J connectivity index is 1.98. The maximum absolute atomic E-state index is 12.2. The van der Waals surface area contributed by atoms with Gasteiger partial charge in [-0.2, -0.15) is 0 Å². The molecule has 0 spiro atoms. The summed E-state index contributed by atoms with van der Waals surface area (Å²) >= 11 is 1.51. The van der Waals surface area contributed by atoms with Gasteiger partial charge in [0.1, 0.15) is 0 Å². The molecule has 8 nitrogen and oxygen atoms in total. The first-order chi connectivity index (χ1) is 12.8. The zero-order valence-corrected chi connectivity index (χ0v) is 16.7. The van der Waals surface area contributed by atoms with Crippen molar-refractivity contribution in [3.63, 3.8) is 0 Å². The lowest BCUT2D eigenvalue weighted by Gasteiger charge is -2.15. The average molecular weight is 412 g/mol. The fourth-order valence-electron chi connectivity index (χ4n) is 2.14. The Hall–Kier alpha value is -2.27. The van der Waals surface area contributed by atoms with E-state index in [1.165, 1.54) is 49.8 Å². The number of nitrogens with one attached hydrogen (secondary N) is 1. The molecule has 1 aromatic carbocycles. The Kier molecular flexibility index (Phi) is 7.08. The van der Waals surface area contributed by atoms with Crippen molar-refractivity contribution in [1.29, 1.82) is 0 Å². The molecule has 0 radical (unpaired) electrons. The molecule has 1 heterocycles. The number of amides is 1. The highest BCUT2D eigenvalue weighted by Crippen LogP contribution is 2.18. The third kappa shape index (κ3) is 5.36. The van der Waals surface area contributed by atoms with Gasteiger partial charge in [-0.3, -0.25) is 9.63 Å². The second kappa shape index (κ2) is 9.09. The van der Waals surface area contributed by atoms with E-state index in [-0.39, 0.29) is 16.5 Å². The van der Waals surface area contributed by atoms with Gasteiger partial charge in [0, 0.05) is 11.9 Å². The highest BCUT2D eigenvalue weighted by molar-refractivity contribution is 7.89. The summed E-state index contributed by atoms with van der Waals surface area (Å²) in [6.07, 6.45) is 0. The van der Waals surface area contributed by atoms with Gasteiger partial charge in [-0.05, 0) is 36.6 Å². The van der Waals surface area contributed by atoms with Crippen LogP contribution in [0.4, 0.5) is 0 Å². The van der Waals surface area contributed by atoms with Crippen LogP contribution in [0.3, 0.4) is 0 Å². The van der Waals surface area contributed by atoms with Gasteiger partial charge in [-0.15, -0.1) is 11.3 Å². The lowest BCUT2D eigenvalue weighted by molar-refractivity contribution is -0.124. The molecule has 1 N–H and O–H groups in total. The number of hydrogen-bond acceptors (Lipinski definition) is 7. The molecule has 1 aromatic heterocycles. The topological polar surface area (TPSA) is 102 Å². The third-order valence-corrected chi connectivity index (χ3v) is 6.38. The second-order valence-electron chi connectivity index (χ2n) is 5.51. The molecule has 146 valence electrons. The SMILES string of the molecule is CON(C)S(=O)(=O)c1cccc(C(=O)OCC(=O)N[C@@H](C)c2cccs2)c1. The number of rotatable bonds is 8. The summed E-state index contributed by atoms with van der Waals surface area (Å²) in [5.74, 6) is -1.25. The van der Waals surface area contributed by atoms with E-state index in [9.17, 15) is 18.0 Å². The van der Waals surface area contributed by atoms with Gasteiger partial charge in [-0.1, -0.05) is 16.6 Å². The van der Waals surface area contributed by atoms with E-state index >= 15 is 0 Å². The fraction of sp³-hybridized carbons (Fsp3) is 0.294. The van der Waals surface area contributed by atoms with E-state index in [4.69, 9.17) is 9.57 Å². The number of carbonyl (C=O) groups excluding carboxylic acids is 2. The van der Waals surface area contributed by atoms with Crippen molar-refractivity contribution in [1.82, 2.24) is 9.79 Å². The molecule has 0 aliphatic carbocycles. The summed E-state index contributed by atoms with van der Waals surface area (Å²) in [5, 5.41) is 4.63. The highest BCUT2D eigenvalue weighted by Gasteiger charge is 2.22. The molecule has 1 amide bonds. The molecular weight excluding hydrogens is 392 g/mol. The molecule has 2 rings (SSSR count). The molecule has 0 aliphatic rings. The van der Waals surface area contributed by atoms with Gasteiger partial charge in [0.05, 0.1) is 23.6 Å². The summed E-state index contributed by atoms with van der Waals surface area (Å²) in [6.45, 7) is 1.36. The Labute approximate surface area is 161 Å². The van der Waals surface area contributed by atoms with Crippen LogP contribution in [0, 0.1) is 0 Å². The van der Waals surface area contributed by atoms with Gasteiger partial charge in [-0.25, -0.2) is 13.2 Å². The van der Waals surface area contributed by atoms with Crippen molar-refractivity contribution in [3.8, 4) is 0 Å². The first-order valence-corrected chi connectivity index (χ1v) is 10.2. The monoisotopic (exact) mass is 412 g/mol. The largest absolute Gasteiger partial charge is 0.452 e. The zero-order chi connectivity index (χ0) is 20.0. The van der Waals surface area contributed by atoms with Gasteiger partial charge < -0.3 is 10.1 Å². The molecular formula is C17H20N2O6S2. The van der Waals surface area contributed by atoms with E-state index in [1.54, 1.807) is 0 Å². The maximum Gasteiger partial charge on any atom is 0.338 e. The third-order valence-electron chi connectivity index (χ3n) is 3.65. The number of thiophene rings is 1. The summed E-state index contributed by atoms with van der Waals surface area (Å²) in [4.78, 5) is 29.6. The van der Waals surface area contributed by atoms with Crippen molar-refractivity contribution in [3.05, 3.63) is 52.2 Å². The zero-order valence-electron chi connectivity index (χ0n) is 15.0. The second-order valence-corrected chi connectivity index (χ2v) is 8.42. The molecule has 10 heteroatoms. The lowest BCUT2D eigenvalue weighted by atomic mass is 10.2. The molecule has 0 saturated heterocycles. The van der Waals surface area contributed by atoms with Crippen LogP contribution >= 0.6 is 11.3 Å². The molecule has 2 aromatic rings. The summed E-state index contributed by atoms with van der Waals surface area (Å²) in [5.41, 5.74) is 0.0136. The summed E-state index contributed by atoms with van der Waals surface area (Å²) in [7, 11) is -1.44. The number of benzene rings is 1. The number of esters is 1. The van der Waals surface area contributed by atoms with E-state index in [0.29, 0.717) is 4.47 Å². The van der Waals surface area contributed by atoms with Crippen molar-refractivity contribution in [2.24, 2.45) is 0 Å². The Bertz CT molecular complexity index is 896. The van der Waals surface area contributed by atoms with Crippen molar-refractivity contribution < 1.29 is 27.6 Å². The van der Waals surface area contributed by atoms with Crippen LogP contribution in [0.5, 0.6) is 0 Å². The van der Waals surface area contributed by atoms with Gasteiger partial charge in [0.2, 0.25) is 0 Å². The minimum absolute atomic E-state index is 0.0136. The molecule has 27 heavy (non-hydrogen) atoms. The number of ether oxygens (including phenoxy) is 1. The fourth-order valence-corrected chi connectivity index (χ4v) is 3.89. The van der Waals surface area contributed by atoms with Crippen LogP contribution in [-0.4, -0.2) is 45.5 Å². The minimum Gasteiger partial charge on any atom is -0.452 e. The Morgan fingerprint density at radius 1 is 1.26 bits per heavy atom. The predicted molar refractivity (Wildman–Crippen MR) is 99.6 cm³/mol. The van der Waals surface area contributed by atoms with Gasteiger partial charge in [0.15, 0.2) is 6.61 Å². The first-order valence-electron chi connectivity index (χ1n) is 7.88. The number of sulfonamides is 1. The van der Waals surface area contributed by atoms with Crippen molar-refractivity contribution in [2.45, 2.75) is 17.9 Å². The van der Waals surface area contributed by atoms with Crippen LogP contribution in [0.15, 0.2) is 46.7 Å². The van der Waals surface area contributed by atoms with Gasteiger partial charge >= 0.3 is 5.97 Å². The van der Waals surface area contributed by atoms with Crippen LogP contribution in [0.25, 0.3) is 0 Å². The average Bonchev–Trinajstić information content (AvgIpc) is 3.20. The smallest absolute Gasteiger partial charge is 0.338 e. The van der Waals surface area contributed by atoms with E-state index in [1.807, 2.05) is 24.4 Å². The van der Waals surface area contributed by atoms with Crippen molar-refractivity contribution >= 4 is 33.2 Å². The van der Waals surface area contributed by atoms with E-state index in [2.05, 4.69) is 5.32 Å². The highest BCUT2D eigenvalue weighted by atomic mass is 32.2. The number of nitrogens with zero attached hydrogens (tertiary/aromatic N) is 1. The molecule has 0 fully saturated rings. The van der Waals surface area contributed by atoms with E-state index < -0.39 is 28.5 Å². The normalized spacial score (nSPS) is 12.6. The maximum atomic E-state index is 12.2. The molecule has 1 atom stereocenters. The van der Waals surface area contributed by atoms with Crippen molar-refractivity contribution in [2.75, 3.05) is 20.8 Å². The molecule has 0 saturated carbocycles. The number of carbonyl (C=O) groups is 2. The molecule has 0 unspecified atom stereocenters. The standard InChI is InChI=1S/C17H20N2O6S2/c1-12(15-8-5-9-26-15)18-16(20)11-25-17(21)13-6-4-7-14(10-13)27(22,23)19(2)24-3/h4-10,12H,11H2,1-3H3,(H,18,20)/t12-/m0/s1. The quantitative estimate of drug-likeness (QED) is 0.525. The number of hydrogen-bond donors (Lipinski definition) is 1.